The molecule has 16 nitrogen and oxygen atoms in total. The van der Waals surface area contributed by atoms with Crippen LogP contribution in [0.2, 0.25) is 0 Å². The normalized spacial score (nSPS) is 26.3. The van der Waals surface area contributed by atoms with Crippen LogP contribution >= 0.6 is 0 Å². The fourth-order valence-electron chi connectivity index (χ4n) is 9.33. The smallest absolute Gasteiger partial charge is 0.338 e. The molecule has 1 saturated carbocycles. The van der Waals surface area contributed by atoms with Crippen LogP contribution in [0.4, 0.5) is 0 Å². The Morgan fingerprint density at radius 2 is 0.808 bits per heavy atom. The van der Waals surface area contributed by atoms with Crippen LogP contribution < -0.4 is 0 Å². The quantitative estimate of drug-likeness (QED) is 0.0521. The van der Waals surface area contributed by atoms with Gasteiger partial charge < -0.3 is 47.4 Å². The maximum absolute atomic E-state index is 14.3. The molecule has 0 amide bonds. The Hall–Kier alpha value is -8.44. The first kappa shape index (κ1) is 48.2. The lowest BCUT2D eigenvalue weighted by atomic mass is 9.85. The molecule has 0 radical (unpaired) electrons. The number of esters is 6. The van der Waals surface area contributed by atoms with E-state index in [0.717, 1.165) is 0 Å². The second-order valence-electron chi connectivity index (χ2n) is 17.5. The lowest BCUT2D eigenvalue weighted by Gasteiger charge is -2.46. The summed E-state index contributed by atoms with van der Waals surface area (Å²) in [6.07, 6.45) is -8.60. The molecule has 370 valence electrons. The van der Waals surface area contributed by atoms with Gasteiger partial charge in [-0.25, -0.2) is 28.8 Å². The van der Waals surface area contributed by atoms with Crippen molar-refractivity contribution in [1.29, 1.82) is 0 Å². The molecule has 16 heteroatoms. The molecule has 6 aromatic rings. The number of hydrogen-bond acceptors (Lipinski definition) is 16. The van der Waals surface area contributed by atoms with Crippen LogP contribution in [-0.2, 0) is 47.4 Å². The van der Waals surface area contributed by atoms with Gasteiger partial charge in [0.2, 0.25) is 12.6 Å². The topological polar surface area (TPSA) is 198 Å². The summed E-state index contributed by atoms with van der Waals surface area (Å²) in [6, 6.07) is 48.7. The molecule has 3 heterocycles. The van der Waals surface area contributed by atoms with Gasteiger partial charge in [-0.05, 0) is 78.9 Å². The van der Waals surface area contributed by atoms with Crippen molar-refractivity contribution in [1.82, 2.24) is 0 Å². The minimum absolute atomic E-state index is 0.0920. The summed E-state index contributed by atoms with van der Waals surface area (Å²) in [4.78, 5) is 83.3. The van der Waals surface area contributed by atoms with E-state index in [1.54, 1.807) is 152 Å². The van der Waals surface area contributed by atoms with Gasteiger partial charge in [0.15, 0.2) is 18.3 Å². The fraction of sp³-hybridized carbons (Fsp3) is 0.228. The molecule has 3 aliphatic heterocycles. The molecule has 0 bridgehead atoms. The third-order valence-corrected chi connectivity index (χ3v) is 12.9. The monoisotopic (exact) mass is 986 g/mol. The van der Waals surface area contributed by atoms with Gasteiger partial charge in [0.1, 0.15) is 37.1 Å². The standard InChI is InChI=1S/C57H46O16/c58-49(35-19-7-1-8-20-35)65-33-42-45(69-52(61)38-25-13-4-14-26-38)46(70-53(62)39-27-15-5-16-28-39)47(71-54(63)40-29-17-6-18-30-40)56(67-42)72-55-43-41(31-32-64-55)44(68-51(60)37-23-11-3-12-24-37)48-57(43,73-48)34-66-50(59)36-21-9-2-10-22-36/h1-32,41-48,55-56H,33-34H2/t41-,42-,43-,44+,45-,46+,47-,48+,55+,56-,57-/m1/s1. The average molecular weight is 987 g/mol. The Morgan fingerprint density at radius 1 is 0.425 bits per heavy atom. The molecule has 0 spiro atoms. The van der Waals surface area contributed by atoms with Crippen LogP contribution in [0.1, 0.15) is 62.1 Å². The molecule has 10 rings (SSSR count). The number of ether oxygens (including phenoxy) is 10. The van der Waals surface area contributed by atoms with E-state index in [4.69, 9.17) is 47.4 Å². The molecule has 3 fully saturated rings. The summed E-state index contributed by atoms with van der Waals surface area (Å²) in [5, 5.41) is 0. The summed E-state index contributed by atoms with van der Waals surface area (Å²) < 4.78 is 62.8. The van der Waals surface area contributed by atoms with Gasteiger partial charge in [0.05, 0.1) is 45.6 Å². The highest BCUT2D eigenvalue weighted by Gasteiger charge is 2.78. The Bertz CT molecular complexity index is 2940. The zero-order valence-corrected chi connectivity index (χ0v) is 38.7. The number of carbonyl (C=O) groups excluding carboxylic acids is 6. The van der Waals surface area contributed by atoms with Crippen molar-refractivity contribution >= 4 is 35.8 Å². The molecule has 0 aromatic heterocycles. The lowest BCUT2D eigenvalue weighted by Crippen LogP contribution is -2.64. The van der Waals surface area contributed by atoms with Crippen LogP contribution in [0.15, 0.2) is 194 Å². The molecule has 2 saturated heterocycles. The molecule has 11 atom stereocenters. The van der Waals surface area contributed by atoms with E-state index in [-0.39, 0.29) is 40.0 Å². The highest BCUT2D eigenvalue weighted by Crippen LogP contribution is 2.61. The van der Waals surface area contributed by atoms with E-state index >= 15 is 0 Å². The molecule has 0 unspecified atom stereocenters. The average Bonchev–Trinajstić information content (AvgIpc) is 4.13. The number of carbonyl (C=O) groups is 6. The maximum Gasteiger partial charge on any atom is 0.338 e. The van der Waals surface area contributed by atoms with Crippen LogP contribution in [0, 0.1) is 11.8 Å². The Labute approximate surface area is 418 Å². The van der Waals surface area contributed by atoms with Crippen molar-refractivity contribution in [3.63, 3.8) is 0 Å². The zero-order valence-electron chi connectivity index (χ0n) is 38.7. The van der Waals surface area contributed by atoms with Gasteiger partial charge in [-0.1, -0.05) is 109 Å². The summed E-state index contributed by atoms with van der Waals surface area (Å²) >= 11 is 0. The van der Waals surface area contributed by atoms with E-state index in [2.05, 4.69) is 0 Å². The number of rotatable bonds is 16. The minimum atomic E-state index is -1.78. The largest absolute Gasteiger partial charge is 0.472 e. The van der Waals surface area contributed by atoms with E-state index in [0.29, 0.717) is 0 Å². The Balaban J connectivity index is 1.04. The first-order valence-electron chi connectivity index (χ1n) is 23.5. The maximum atomic E-state index is 14.3. The molecule has 0 N–H and O–H groups in total. The third kappa shape index (κ3) is 10.5. The van der Waals surface area contributed by atoms with E-state index < -0.39 is 109 Å². The second kappa shape index (κ2) is 21.5. The van der Waals surface area contributed by atoms with Gasteiger partial charge in [-0.15, -0.1) is 0 Å². The number of fused-ring (bicyclic) bond motifs is 3. The Kier molecular flexibility index (Phi) is 14.2. The van der Waals surface area contributed by atoms with E-state index in [1.807, 2.05) is 0 Å². The minimum Gasteiger partial charge on any atom is -0.472 e. The number of hydrogen-bond donors (Lipinski definition) is 0. The van der Waals surface area contributed by atoms with E-state index in [9.17, 15) is 28.8 Å². The van der Waals surface area contributed by atoms with Gasteiger partial charge >= 0.3 is 35.8 Å². The first-order chi connectivity index (χ1) is 35.7. The molecule has 6 aromatic carbocycles. The van der Waals surface area contributed by atoms with Crippen LogP contribution in [0.25, 0.3) is 0 Å². The number of epoxide rings is 1. The molecular formula is C57H46O16. The van der Waals surface area contributed by atoms with Crippen molar-refractivity contribution in [2.75, 3.05) is 13.2 Å². The zero-order chi connectivity index (χ0) is 50.3. The molecule has 1 aliphatic carbocycles. The highest BCUT2D eigenvalue weighted by atomic mass is 16.8. The van der Waals surface area contributed by atoms with Gasteiger partial charge in [-0.2, -0.15) is 0 Å². The van der Waals surface area contributed by atoms with Crippen molar-refractivity contribution in [3.8, 4) is 0 Å². The summed E-state index contributed by atoms with van der Waals surface area (Å²) in [6.45, 7) is -0.952. The lowest BCUT2D eigenvalue weighted by molar-refractivity contribution is -0.342. The van der Waals surface area contributed by atoms with Crippen LogP contribution in [0.3, 0.4) is 0 Å². The first-order valence-corrected chi connectivity index (χ1v) is 23.5. The van der Waals surface area contributed by atoms with Crippen molar-refractivity contribution in [3.05, 3.63) is 228 Å². The second-order valence-corrected chi connectivity index (χ2v) is 17.5. The predicted molar refractivity (Wildman–Crippen MR) is 254 cm³/mol. The SMILES string of the molecule is O=C(OC[C@H]1O[C@H](O[C@@H]2OC=C[C@H]3[C@H](OC(=O)c4ccccc4)[C@@H]4O[C@]4(COC(=O)c4ccccc4)[C@@H]23)[C@H](OC(=O)c2ccccc2)[C@@H](OC(=O)c2ccccc2)[C@@H]1OC(=O)c1ccccc1)c1ccccc1. The fourth-order valence-corrected chi connectivity index (χ4v) is 9.33. The van der Waals surface area contributed by atoms with Gasteiger partial charge in [0, 0.05) is 5.92 Å². The van der Waals surface area contributed by atoms with Crippen molar-refractivity contribution in [2.45, 2.75) is 54.8 Å². The molecule has 73 heavy (non-hydrogen) atoms. The van der Waals surface area contributed by atoms with Crippen LogP contribution in [0.5, 0.6) is 0 Å². The van der Waals surface area contributed by atoms with Crippen molar-refractivity contribution in [2.24, 2.45) is 11.8 Å². The summed E-state index contributed by atoms with van der Waals surface area (Å²) in [5.41, 5.74) is -0.324. The molecular weight excluding hydrogens is 941 g/mol. The van der Waals surface area contributed by atoms with E-state index in [1.165, 1.54) is 42.7 Å². The van der Waals surface area contributed by atoms with Gasteiger partial charge in [0.25, 0.3) is 0 Å². The van der Waals surface area contributed by atoms with Crippen LogP contribution in [-0.4, -0.2) is 104 Å². The van der Waals surface area contributed by atoms with Gasteiger partial charge in [-0.3, -0.25) is 0 Å². The summed E-state index contributed by atoms with van der Waals surface area (Å²) in [5.74, 6) is -6.36. The van der Waals surface area contributed by atoms with Crippen molar-refractivity contribution < 1.29 is 76.1 Å². The third-order valence-electron chi connectivity index (χ3n) is 12.9. The highest BCUT2D eigenvalue weighted by molar-refractivity contribution is 5.92. The summed E-state index contributed by atoms with van der Waals surface area (Å²) in [7, 11) is 0. The molecule has 4 aliphatic rings. The Morgan fingerprint density at radius 3 is 1.26 bits per heavy atom. The predicted octanol–water partition coefficient (Wildman–Crippen LogP) is 7.60. The number of benzene rings is 6.